The number of benzene rings is 2. The Balaban J connectivity index is 1.61. The zero-order chi connectivity index (χ0) is 22.5. The van der Waals surface area contributed by atoms with Crippen molar-refractivity contribution in [2.45, 2.75) is 19.0 Å². The zero-order valence-corrected chi connectivity index (χ0v) is 18.5. The van der Waals surface area contributed by atoms with E-state index in [-0.39, 0.29) is 17.2 Å². The first-order valence-electron chi connectivity index (χ1n) is 9.98. The van der Waals surface area contributed by atoms with Crippen LogP contribution >= 0.6 is 11.8 Å². The molecule has 1 amide bonds. The van der Waals surface area contributed by atoms with Gasteiger partial charge in [0.1, 0.15) is 0 Å². The molecular weight excluding hydrogens is 422 g/mol. The minimum Gasteiger partial charge on any atom is -0.272 e. The Kier molecular flexibility index (Phi) is 6.42. The van der Waals surface area contributed by atoms with Crippen LogP contribution < -0.4 is 11.0 Å². The van der Waals surface area contributed by atoms with Gasteiger partial charge in [-0.3, -0.25) is 19.1 Å². The minimum atomic E-state index is -0.294. The van der Waals surface area contributed by atoms with Crippen LogP contribution in [0.1, 0.15) is 18.1 Å². The van der Waals surface area contributed by atoms with Crippen LogP contribution in [0, 0.1) is 6.92 Å². The summed E-state index contributed by atoms with van der Waals surface area (Å²) >= 11 is 1.19. The van der Waals surface area contributed by atoms with Gasteiger partial charge in [-0.1, -0.05) is 48.2 Å². The molecule has 2 heterocycles. The lowest BCUT2D eigenvalue weighted by Crippen LogP contribution is -2.25. The maximum absolute atomic E-state index is 13.3. The van der Waals surface area contributed by atoms with Crippen LogP contribution in [0.2, 0.25) is 0 Å². The van der Waals surface area contributed by atoms with E-state index >= 15 is 0 Å². The number of pyridine rings is 1. The van der Waals surface area contributed by atoms with Crippen molar-refractivity contribution in [3.63, 3.8) is 0 Å². The first-order chi connectivity index (χ1) is 15.5. The van der Waals surface area contributed by atoms with E-state index in [1.54, 1.807) is 36.0 Å². The molecule has 0 saturated carbocycles. The SMILES string of the molecule is CC(=NNC(=O)CSc1nc2ccccc2c(=O)n1-c1ccccc1C)c1cccnc1. The van der Waals surface area contributed by atoms with Gasteiger partial charge in [-0.05, 0) is 43.7 Å². The van der Waals surface area contributed by atoms with E-state index in [4.69, 9.17) is 0 Å². The highest BCUT2D eigenvalue weighted by atomic mass is 32.2. The fourth-order valence-electron chi connectivity index (χ4n) is 3.19. The average Bonchev–Trinajstić information content (AvgIpc) is 2.82. The lowest BCUT2D eigenvalue weighted by atomic mass is 10.2. The monoisotopic (exact) mass is 443 g/mol. The third-order valence-corrected chi connectivity index (χ3v) is 5.80. The first kappa shape index (κ1) is 21.5. The molecule has 32 heavy (non-hydrogen) atoms. The van der Waals surface area contributed by atoms with E-state index in [2.05, 4.69) is 20.5 Å². The van der Waals surface area contributed by atoms with Gasteiger partial charge in [-0.15, -0.1) is 0 Å². The zero-order valence-electron chi connectivity index (χ0n) is 17.6. The maximum atomic E-state index is 13.3. The number of nitrogens with one attached hydrogen (secondary N) is 1. The van der Waals surface area contributed by atoms with E-state index in [1.165, 1.54) is 11.8 Å². The molecule has 2 aromatic heterocycles. The number of carbonyl (C=O) groups excluding carboxylic acids is 1. The fourth-order valence-corrected chi connectivity index (χ4v) is 3.98. The lowest BCUT2D eigenvalue weighted by molar-refractivity contribution is -0.118. The highest BCUT2D eigenvalue weighted by Gasteiger charge is 2.16. The topological polar surface area (TPSA) is 89.2 Å². The van der Waals surface area contributed by atoms with Gasteiger partial charge in [0.05, 0.1) is 28.1 Å². The van der Waals surface area contributed by atoms with Crippen molar-refractivity contribution >= 4 is 34.3 Å². The van der Waals surface area contributed by atoms with Gasteiger partial charge in [0, 0.05) is 18.0 Å². The molecule has 0 fully saturated rings. The number of thioether (sulfide) groups is 1. The van der Waals surface area contributed by atoms with Crippen molar-refractivity contribution in [1.82, 2.24) is 20.0 Å². The van der Waals surface area contributed by atoms with Crippen molar-refractivity contribution in [1.29, 1.82) is 0 Å². The molecule has 0 radical (unpaired) electrons. The van der Waals surface area contributed by atoms with Crippen LogP contribution in [0.4, 0.5) is 0 Å². The Labute approximate surface area is 189 Å². The Hall–Kier alpha value is -3.78. The van der Waals surface area contributed by atoms with Crippen molar-refractivity contribution in [2.24, 2.45) is 5.10 Å². The number of nitrogens with zero attached hydrogens (tertiary/aromatic N) is 4. The number of rotatable bonds is 6. The van der Waals surface area contributed by atoms with Crippen molar-refractivity contribution < 1.29 is 4.79 Å². The van der Waals surface area contributed by atoms with Gasteiger partial charge in [0.25, 0.3) is 11.5 Å². The van der Waals surface area contributed by atoms with E-state index in [9.17, 15) is 9.59 Å². The summed E-state index contributed by atoms with van der Waals surface area (Å²) in [6.45, 7) is 3.74. The summed E-state index contributed by atoms with van der Waals surface area (Å²) in [5.74, 6) is -0.238. The minimum absolute atomic E-state index is 0.0560. The van der Waals surface area contributed by atoms with Gasteiger partial charge in [0.2, 0.25) is 0 Å². The van der Waals surface area contributed by atoms with E-state index in [0.717, 1.165) is 16.8 Å². The first-order valence-corrected chi connectivity index (χ1v) is 11.0. The normalized spacial score (nSPS) is 11.5. The largest absolute Gasteiger partial charge is 0.272 e. The molecule has 1 N–H and O–H groups in total. The predicted octanol–water partition coefficient (Wildman–Crippen LogP) is 3.72. The molecule has 4 rings (SSSR count). The number of carbonyl (C=O) groups is 1. The van der Waals surface area contributed by atoms with Gasteiger partial charge in [-0.25, -0.2) is 10.4 Å². The summed E-state index contributed by atoms with van der Waals surface area (Å²) < 4.78 is 1.57. The van der Waals surface area contributed by atoms with E-state index in [0.29, 0.717) is 21.8 Å². The third-order valence-electron chi connectivity index (χ3n) is 4.86. The number of aromatic nitrogens is 3. The van der Waals surface area contributed by atoms with Crippen LogP contribution in [0.5, 0.6) is 0 Å². The second kappa shape index (κ2) is 9.57. The highest BCUT2D eigenvalue weighted by molar-refractivity contribution is 7.99. The molecule has 0 unspecified atom stereocenters. The van der Waals surface area contributed by atoms with E-state index in [1.807, 2.05) is 55.5 Å². The Morgan fingerprint density at radius 3 is 2.66 bits per heavy atom. The smallest absolute Gasteiger partial charge is 0.266 e. The van der Waals surface area contributed by atoms with Crippen LogP contribution in [0.3, 0.4) is 0 Å². The van der Waals surface area contributed by atoms with Crippen molar-refractivity contribution in [3.05, 3.63) is 94.5 Å². The number of para-hydroxylation sites is 2. The maximum Gasteiger partial charge on any atom is 0.266 e. The number of fused-ring (bicyclic) bond motifs is 1. The van der Waals surface area contributed by atoms with E-state index < -0.39 is 0 Å². The molecule has 0 aliphatic carbocycles. The predicted molar refractivity (Wildman–Crippen MR) is 127 cm³/mol. The van der Waals surface area contributed by atoms with Gasteiger partial charge >= 0.3 is 0 Å². The van der Waals surface area contributed by atoms with Crippen LogP contribution in [0.25, 0.3) is 16.6 Å². The van der Waals surface area contributed by atoms with Crippen LogP contribution in [-0.4, -0.2) is 31.9 Å². The highest BCUT2D eigenvalue weighted by Crippen LogP contribution is 2.23. The summed E-state index contributed by atoms with van der Waals surface area (Å²) in [6.07, 6.45) is 3.36. The summed E-state index contributed by atoms with van der Waals surface area (Å²) in [5, 5.41) is 5.12. The average molecular weight is 444 g/mol. The van der Waals surface area contributed by atoms with Gasteiger partial charge in [-0.2, -0.15) is 5.10 Å². The van der Waals surface area contributed by atoms with Gasteiger partial charge < -0.3 is 0 Å². The molecule has 0 atom stereocenters. The number of hydrogen-bond acceptors (Lipinski definition) is 6. The van der Waals surface area contributed by atoms with Crippen molar-refractivity contribution in [2.75, 3.05) is 5.75 Å². The summed E-state index contributed by atoms with van der Waals surface area (Å²) in [6, 6.07) is 18.5. The second-order valence-electron chi connectivity index (χ2n) is 7.10. The summed E-state index contributed by atoms with van der Waals surface area (Å²) in [4.78, 5) is 34.5. The lowest BCUT2D eigenvalue weighted by Gasteiger charge is -2.14. The van der Waals surface area contributed by atoms with Gasteiger partial charge in [0.15, 0.2) is 5.16 Å². The summed E-state index contributed by atoms with van der Waals surface area (Å²) in [7, 11) is 0. The molecule has 0 bridgehead atoms. The molecular formula is C24H21N5O2S. The number of amides is 1. The van der Waals surface area contributed by atoms with Crippen LogP contribution in [0.15, 0.2) is 88.1 Å². The summed E-state index contributed by atoms with van der Waals surface area (Å²) in [5.41, 5.74) is 6.14. The Bertz CT molecular complexity index is 1370. The molecule has 0 aliphatic heterocycles. The molecule has 0 spiro atoms. The standard InChI is InChI=1S/C24H21N5O2S/c1-16-8-3-6-12-21(16)29-23(31)19-10-4-5-11-20(19)26-24(29)32-15-22(30)28-27-17(2)18-9-7-13-25-14-18/h3-14H,15H2,1-2H3,(H,28,30). The number of hydrogen-bond donors (Lipinski definition) is 1. The van der Waals surface area contributed by atoms with Crippen molar-refractivity contribution in [3.8, 4) is 5.69 Å². The molecule has 160 valence electrons. The molecule has 4 aromatic rings. The molecule has 0 aliphatic rings. The molecule has 0 saturated heterocycles. The quantitative estimate of drug-likeness (QED) is 0.212. The third kappa shape index (κ3) is 4.60. The molecule has 7 nitrogen and oxygen atoms in total. The number of hydrazone groups is 1. The number of aryl methyl sites for hydroxylation is 1. The molecule has 2 aromatic carbocycles. The fraction of sp³-hybridized carbons (Fsp3) is 0.125. The Morgan fingerprint density at radius 2 is 1.88 bits per heavy atom. The molecule has 8 heteroatoms. The van der Waals surface area contributed by atoms with Crippen LogP contribution in [-0.2, 0) is 4.79 Å². The second-order valence-corrected chi connectivity index (χ2v) is 8.04. The Morgan fingerprint density at radius 1 is 1.09 bits per heavy atom.